The Balaban J connectivity index is 2.33. The number of nitrogen functional groups attached to an aromatic ring is 1. The van der Waals surface area contributed by atoms with E-state index in [1.807, 2.05) is 24.5 Å². The largest absolute Gasteiger partial charge is 0.399 e. The first-order valence-electron chi connectivity index (χ1n) is 6.70. The molecule has 21 heavy (non-hydrogen) atoms. The van der Waals surface area contributed by atoms with Gasteiger partial charge >= 0.3 is 0 Å². The average molecular weight is 287 g/mol. The van der Waals surface area contributed by atoms with Gasteiger partial charge in [0.25, 0.3) is 0 Å². The van der Waals surface area contributed by atoms with Gasteiger partial charge < -0.3 is 5.73 Å². The van der Waals surface area contributed by atoms with E-state index < -0.39 is 11.6 Å². The molecule has 2 N–H and O–H groups in total. The van der Waals surface area contributed by atoms with Crippen molar-refractivity contribution in [3.63, 3.8) is 0 Å². The Bertz CT molecular complexity index is 822. The summed E-state index contributed by atoms with van der Waals surface area (Å²) < 4.78 is 28.5. The summed E-state index contributed by atoms with van der Waals surface area (Å²) in [7, 11) is 0. The minimum Gasteiger partial charge on any atom is -0.399 e. The lowest BCUT2D eigenvalue weighted by Gasteiger charge is -2.12. The number of anilines is 1. The van der Waals surface area contributed by atoms with Crippen molar-refractivity contribution in [1.29, 1.82) is 0 Å². The van der Waals surface area contributed by atoms with Crippen LogP contribution in [-0.4, -0.2) is 9.55 Å². The van der Waals surface area contributed by atoms with Gasteiger partial charge in [0.2, 0.25) is 0 Å². The first-order valence-corrected chi connectivity index (χ1v) is 6.70. The molecule has 0 aliphatic rings. The summed E-state index contributed by atoms with van der Waals surface area (Å²) in [5, 5.41) is 0. The van der Waals surface area contributed by atoms with Gasteiger partial charge in [0, 0.05) is 17.7 Å². The maximum absolute atomic E-state index is 13.5. The molecule has 0 saturated heterocycles. The molecule has 0 amide bonds. The summed E-state index contributed by atoms with van der Waals surface area (Å²) in [6.45, 7) is 4.00. The fraction of sp³-hybridized carbons (Fsp3) is 0.188. The second-order valence-corrected chi connectivity index (χ2v) is 5.31. The van der Waals surface area contributed by atoms with E-state index in [9.17, 15) is 8.78 Å². The van der Waals surface area contributed by atoms with E-state index in [-0.39, 0.29) is 5.92 Å². The molecule has 0 atom stereocenters. The van der Waals surface area contributed by atoms with Crippen LogP contribution in [0.1, 0.15) is 25.6 Å². The molecule has 0 saturated carbocycles. The maximum Gasteiger partial charge on any atom is 0.160 e. The second-order valence-electron chi connectivity index (χ2n) is 5.31. The molecule has 3 aromatic rings. The number of nitrogens with zero attached hydrogens (tertiary/aromatic N) is 2. The van der Waals surface area contributed by atoms with Gasteiger partial charge in [-0.3, -0.25) is 4.57 Å². The molecule has 0 spiro atoms. The Hall–Kier alpha value is -2.43. The number of rotatable bonds is 2. The minimum absolute atomic E-state index is 0.131. The second kappa shape index (κ2) is 4.84. The predicted molar refractivity (Wildman–Crippen MR) is 79.5 cm³/mol. The van der Waals surface area contributed by atoms with E-state index >= 15 is 0 Å². The van der Waals surface area contributed by atoms with Crippen molar-refractivity contribution in [2.75, 3.05) is 5.73 Å². The van der Waals surface area contributed by atoms with Crippen molar-refractivity contribution in [3.8, 4) is 5.69 Å². The van der Waals surface area contributed by atoms with Crippen molar-refractivity contribution in [2.24, 2.45) is 0 Å². The standard InChI is InChI=1S/C16H15F2N3/c1-9(2)16-20-14-7-10(19)3-6-15(14)21(16)11-4-5-12(17)13(18)8-11/h3-9H,19H2,1-2H3. The van der Waals surface area contributed by atoms with Crippen molar-refractivity contribution in [3.05, 3.63) is 53.9 Å². The van der Waals surface area contributed by atoms with Crippen LogP contribution in [-0.2, 0) is 0 Å². The third-order valence-corrected chi connectivity index (χ3v) is 3.38. The molecule has 0 unspecified atom stereocenters. The SMILES string of the molecule is CC(C)c1nc2cc(N)ccc2n1-c1ccc(F)c(F)c1. The highest BCUT2D eigenvalue weighted by Crippen LogP contribution is 2.28. The third-order valence-electron chi connectivity index (χ3n) is 3.38. The molecular formula is C16H15F2N3. The number of aromatic nitrogens is 2. The summed E-state index contributed by atoms with van der Waals surface area (Å²) in [4.78, 5) is 4.57. The lowest BCUT2D eigenvalue weighted by atomic mass is 10.2. The van der Waals surface area contributed by atoms with E-state index in [1.165, 1.54) is 6.07 Å². The van der Waals surface area contributed by atoms with E-state index in [4.69, 9.17) is 5.73 Å². The van der Waals surface area contributed by atoms with Crippen LogP contribution in [0.15, 0.2) is 36.4 Å². The molecular weight excluding hydrogens is 272 g/mol. The lowest BCUT2D eigenvalue weighted by molar-refractivity contribution is 0.508. The summed E-state index contributed by atoms with van der Waals surface area (Å²) in [6.07, 6.45) is 0. The van der Waals surface area contributed by atoms with Crippen LogP contribution in [0.3, 0.4) is 0 Å². The summed E-state index contributed by atoms with van der Waals surface area (Å²) in [5.41, 5.74) is 8.51. The highest BCUT2D eigenvalue weighted by Gasteiger charge is 2.16. The molecule has 0 bridgehead atoms. The minimum atomic E-state index is -0.875. The molecule has 2 aromatic carbocycles. The van der Waals surface area contributed by atoms with Gasteiger partial charge in [-0.1, -0.05) is 13.8 Å². The van der Waals surface area contributed by atoms with E-state index in [0.717, 1.165) is 22.9 Å². The van der Waals surface area contributed by atoms with Gasteiger partial charge in [-0.2, -0.15) is 0 Å². The number of nitrogens with two attached hydrogens (primary N) is 1. The average Bonchev–Trinajstić information content (AvgIpc) is 2.80. The Kier molecular flexibility index (Phi) is 3.12. The highest BCUT2D eigenvalue weighted by molar-refractivity contribution is 5.81. The van der Waals surface area contributed by atoms with Crippen LogP contribution in [0.25, 0.3) is 16.7 Å². The quantitative estimate of drug-likeness (QED) is 0.724. The first-order chi connectivity index (χ1) is 9.97. The fourth-order valence-electron chi connectivity index (χ4n) is 2.40. The van der Waals surface area contributed by atoms with Gasteiger partial charge in [0.05, 0.1) is 16.7 Å². The van der Waals surface area contributed by atoms with E-state index in [1.54, 1.807) is 18.2 Å². The molecule has 108 valence electrons. The number of hydrogen-bond donors (Lipinski definition) is 1. The topological polar surface area (TPSA) is 43.8 Å². The smallest absolute Gasteiger partial charge is 0.160 e. The Morgan fingerprint density at radius 1 is 1.05 bits per heavy atom. The van der Waals surface area contributed by atoms with Crippen LogP contribution in [0.4, 0.5) is 14.5 Å². The number of benzene rings is 2. The van der Waals surface area contributed by atoms with Crippen LogP contribution in [0.2, 0.25) is 0 Å². The van der Waals surface area contributed by atoms with Gasteiger partial charge in [-0.25, -0.2) is 13.8 Å². The van der Waals surface area contributed by atoms with Crippen molar-refractivity contribution in [2.45, 2.75) is 19.8 Å². The Morgan fingerprint density at radius 2 is 1.81 bits per heavy atom. The number of halogens is 2. The molecule has 0 aliphatic carbocycles. The Labute approximate surface area is 121 Å². The van der Waals surface area contributed by atoms with Gasteiger partial charge in [-0.05, 0) is 30.3 Å². The van der Waals surface area contributed by atoms with Crippen molar-refractivity contribution >= 4 is 16.7 Å². The summed E-state index contributed by atoms with van der Waals surface area (Å²) >= 11 is 0. The number of fused-ring (bicyclic) bond motifs is 1. The van der Waals surface area contributed by atoms with Crippen molar-refractivity contribution in [1.82, 2.24) is 9.55 Å². The van der Waals surface area contributed by atoms with Crippen LogP contribution in [0, 0.1) is 11.6 Å². The zero-order valence-corrected chi connectivity index (χ0v) is 11.8. The summed E-state index contributed by atoms with van der Waals surface area (Å²) in [6, 6.07) is 9.23. The molecule has 0 radical (unpaired) electrons. The van der Waals surface area contributed by atoms with Crippen molar-refractivity contribution < 1.29 is 8.78 Å². The van der Waals surface area contributed by atoms with Gasteiger partial charge in [0.1, 0.15) is 5.82 Å². The molecule has 3 nitrogen and oxygen atoms in total. The summed E-state index contributed by atoms with van der Waals surface area (Å²) in [5.74, 6) is -0.827. The zero-order valence-electron chi connectivity index (χ0n) is 11.8. The third kappa shape index (κ3) is 2.24. The Morgan fingerprint density at radius 3 is 2.48 bits per heavy atom. The molecule has 1 heterocycles. The normalized spacial score (nSPS) is 11.5. The predicted octanol–water partition coefficient (Wildman–Crippen LogP) is 4.01. The van der Waals surface area contributed by atoms with Crippen LogP contribution in [0.5, 0.6) is 0 Å². The molecule has 0 aliphatic heterocycles. The van der Waals surface area contributed by atoms with Crippen LogP contribution < -0.4 is 5.73 Å². The van der Waals surface area contributed by atoms with E-state index in [2.05, 4.69) is 4.98 Å². The zero-order chi connectivity index (χ0) is 15.1. The molecule has 3 rings (SSSR count). The molecule has 5 heteroatoms. The fourth-order valence-corrected chi connectivity index (χ4v) is 2.40. The van der Waals surface area contributed by atoms with Crippen LogP contribution >= 0.6 is 0 Å². The number of imidazole rings is 1. The van der Waals surface area contributed by atoms with Gasteiger partial charge in [-0.15, -0.1) is 0 Å². The van der Waals surface area contributed by atoms with E-state index in [0.29, 0.717) is 11.4 Å². The molecule has 1 aromatic heterocycles. The first kappa shape index (κ1) is 13.5. The lowest BCUT2D eigenvalue weighted by Crippen LogP contribution is -2.04. The monoisotopic (exact) mass is 287 g/mol. The molecule has 0 fully saturated rings. The highest BCUT2D eigenvalue weighted by atomic mass is 19.2. The number of hydrogen-bond acceptors (Lipinski definition) is 2. The maximum atomic E-state index is 13.5. The van der Waals surface area contributed by atoms with Gasteiger partial charge in [0.15, 0.2) is 11.6 Å².